The predicted molar refractivity (Wildman–Crippen MR) is 135 cm³/mol. The van der Waals surface area contributed by atoms with E-state index in [1.54, 1.807) is 4.57 Å². The van der Waals surface area contributed by atoms with Crippen LogP contribution in [0.3, 0.4) is 0 Å². The predicted octanol–water partition coefficient (Wildman–Crippen LogP) is 0.532. The second-order valence-corrected chi connectivity index (χ2v) is 9.05. The average molecular weight is 499 g/mol. The quantitative estimate of drug-likeness (QED) is 0.218. The maximum atomic E-state index is 12.2. The van der Waals surface area contributed by atoms with Crippen LogP contribution in [0.4, 0.5) is 11.5 Å². The lowest BCUT2D eigenvalue weighted by Gasteiger charge is -2.25. The fourth-order valence-electron chi connectivity index (χ4n) is 4.40. The number of carbonyl (C=O) groups excluding carboxylic acids is 1. The molecule has 3 heterocycles. The number of para-hydroxylation sites is 1. The van der Waals surface area contributed by atoms with E-state index in [1.165, 1.54) is 12.7 Å². The summed E-state index contributed by atoms with van der Waals surface area (Å²) in [6.07, 6.45) is 1.04. The third kappa shape index (κ3) is 5.73. The molecule has 0 saturated carbocycles. The number of amides is 1. The Morgan fingerprint density at radius 2 is 1.94 bits per heavy atom. The Bertz CT molecular complexity index is 1140. The van der Waals surface area contributed by atoms with E-state index in [2.05, 4.69) is 25.6 Å². The molecule has 194 valence electrons. The number of hydrogen-bond donors (Lipinski definition) is 6. The van der Waals surface area contributed by atoms with Gasteiger partial charge in [-0.1, -0.05) is 25.1 Å². The monoisotopic (exact) mass is 498 g/mol. The van der Waals surface area contributed by atoms with Gasteiger partial charge in [-0.25, -0.2) is 15.0 Å². The van der Waals surface area contributed by atoms with Crippen LogP contribution in [-0.4, -0.2) is 72.6 Å². The number of carbonyl (C=O) groups is 1. The Hall–Kier alpha value is -3.32. The van der Waals surface area contributed by atoms with Gasteiger partial charge in [0, 0.05) is 18.3 Å². The number of imidazole rings is 1. The molecule has 1 saturated heterocycles. The molecule has 12 heteroatoms. The molecule has 12 nitrogen and oxygen atoms in total. The molecule has 0 bridgehead atoms. The number of rotatable bonds is 11. The summed E-state index contributed by atoms with van der Waals surface area (Å²) in [5.41, 5.74) is 13.7. The van der Waals surface area contributed by atoms with Crippen molar-refractivity contribution in [3.8, 4) is 0 Å². The molecule has 1 aliphatic heterocycles. The standard InChI is InChI=1S/C24H34N8O4/c1-2-10-27-23(35)16(25)9-8-15(31-14-6-4-3-5-7-14)11-17-19(33)20(34)24(36-17)32-13-30-18-21(26)28-12-29-22(18)32/h3-7,12-13,15-17,19-20,24,31,33-34H,2,8-11,25H2,1H3,(H,27,35)(H2,26,28,29)/t15-,16-,17?,19?,20?,24?/m0/s1. The number of nitrogen functional groups attached to an aromatic ring is 1. The molecule has 0 spiro atoms. The first-order valence-corrected chi connectivity index (χ1v) is 12.2. The zero-order chi connectivity index (χ0) is 25.7. The summed E-state index contributed by atoms with van der Waals surface area (Å²) in [7, 11) is 0. The van der Waals surface area contributed by atoms with E-state index in [1.807, 2.05) is 37.3 Å². The Morgan fingerprint density at radius 1 is 1.17 bits per heavy atom. The lowest BCUT2D eigenvalue weighted by atomic mass is 9.97. The van der Waals surface area contributed by atoms with Gasteiger partial charge in [0.25, 0.3) is 0 Å². The van der Waals surface area contributed by atoms with Crippen molar-refractivity contribution in [3.05, 3.63) is 43.0 Å². The smallest absolute Gasteiger partial charge is 0.236 e. The molecule has 0 radical (unpaired) electrons. The van der Waals surface area contributed by atoms with Crippen molar-refractivity contribution in [1.29, 1.82) is 0 Å². The SMILES string of the molecule is CCCNC(=O)[C@@H](N)CC[C@@H](CC1OC(n2cnc3c(N)ncnc32)C(O)C1O)Nc1ccccc1. The highest BCUT2D eigenvalue weighted by molar-refractivity contribution is 5.81. The van der Waals surface area contributed by atoms with E-state index in [-0.39, 0.29) is 17.8 Å². The zero-order valence-corrected chi connectivity index (χ0v) is 20.2. The third-order valence-corrected chi connectivity index (χ3v) is 6.37. The maximum absolute atomic E-state index is 12.2. The molecule has 0 aliphatic carbocycles. The van der Waals surface area contributed by atoms with Crippen LogP contribution >= 0.6 is 0 Å². The van der Waals surface area contributed by atoms with Crippen molar-refractivity contribution in [1.82, 2.24) is 24.8 Å². The second kappa shape index (κ2) is 11.6. The van der Waals surface area contributed by atoms with Gasteiger partial charge < -0.3 is 37.1 Å². The summed E-state index contributed by atoms with van der Waals surface area (Å²) in [6, 6.07) is 8.81. The fraction of sp³-hybridized carbons (Fsp3) is 0.500. The Balaban J connectivity index is 1.47. The normalized spacial score (nSPS) is 23.4. The highest BCUT2D eigenvalue weighted by Crippen LogP contribution is 2.34. The van der Waals surface area contributed by atoms with E-state index >= 15 is 0 Å². The molecule has 2 aromatic heterocycles. The summed E-state index contributed by atoms with van der Waals surface area (Å²) in [4.78, 5) is 24.6. The van der Waals surface area contributed by atoms with Gasteiger partial charge in [0.1, 0.15) is 24.1 Å². The van der Waals surface area contributed by atoms with Crippen LogP contribution in [0.1, 0.15) is 38.8 Å². The first kappa shape index (κ1) is 25.8. The first-order chi connectivity index (χ1) is 17.4. The van der Waals surface area contributed by atoms with E-state index in [9.17, 15) is 15.0 Å². The summed E-state index contributed by atoms with van der Waals surface area (Å²) in [5, 5.41) is 27.9. The van der Waals surface area contributed by atoms with Crippen LogP contribution in [0.5, 0.6) is 0 Å². The van der Waals surface area contributed by atoms with Crippen molar-refractivity contribution < 1.29 is 19.7 Å². The molecule has 8 N–H and O–H groups in total. The number of nitrogens with one attached hydrogen (secondary N) is 2. The molecule has 1 amide bonds. The molecule has 1 aromatic carbocycles. The number of nitrogens with zero attached hydrogens (tertiary/aromatic N) is 4. The Kier molecular flexibility index (Phi) is 8.31. The van der Waals surface area contributed by atoms with Gasteiger partial charge in [0.15, 0.2) is 17.7 Å². The van der Waals surface area contributed by atoms with Crippen LogP contribution < -0.4 is 22.1 Å². The van der Waals surface area contributed by atoms with Crippen molar-refractivity contribution in [2.45, 2.75) is 69.2 Å². The number of fused-ring (bicyclic) bond motifs is 1. The Morgan fingerprint density at radius 3 is 2.69 bits per heavy atom. The van der Waals surface area contributed by atoms with Gasteiger partial charge in [0.05, 0.1) is 18.5 Å². The lowest BCUT2D eigenvalue weighted by Crippen LogP contribution is -2.42. The number of aliphatic hydroxyl groups is 2. The number of hydrogen-bond acceptors (Lipinski definition) is 10. The van der Waals surface area contributed by atoms with Crippen molar-refractivity contribution in [2.75, 3.05) is 17.6 Å². The van der Waals surface area contributed by atoms with Crippen LogP contribution in [0, 0.1) is 0 Å². The summed E-state index contributed by atoms with van der Waals surface area (Å²) in [5.74, 6) is 0.0333. The largest absolute Gasteiger partial charge is 0.388 e. The van der Waals surface area contributed by atoms with Crippen LogP contribution in [-0.2, 0) is 9.53 Å². The van der Waals surface area contributed by atoms with Gasteiger partial charge in [-0.15, -0.1) is 0 Å². The first-order valence-electron chi connectivity index (χ1n) is 12.2. The topological polar surface area (TPSA) is 186 Å². The van der Waals surface area contributed by atoms with Gasteiger partial charge in [-0.2, -0.15) is 0 Å². The summed E-state index contributed by atoms with van der Waals surface area (Å²) in [6.45, 7) is 2.56. The van der Waals surface area contributed by atoms with Crippen molar-refractivity contribution >= 4 is 28.6 Å². The lowest BCUT2D eigenvalue weighted by molar-refractivity contribution is -0.122. The fourth-order valence-corrected chi connectivity index (χ4v) is 4.40. The van der Waals surface area contributed by atoms with Crippen LogP contribution in [0.2, 0.25) is 0 Å². The molecule has 3 aromatic rings. The molecule has 6 atom stereocenters. The van der Waals surface area contributed by atoms with Crippen LogP contribution in [0.25, 0.3) is 11.2 Å². The van der Waals surface area contributed by atoms with E-state index in [0.717, 1.165) is 12.1 Å². The third-order valence-electron chi connectivity index (χ3n) is 6.37. The minimum Gasteiger partial charge on any atom is -0.388 e. The van der Waals surface area contributed by atoms with Gasteiger partial charge in [-0.3, -0.25) is 9.36 Å². The number of benzene rings is 1. The van der Waals surface area contributed by atoms with Gasteiger partial charge in [0.2, 0.25) is 5.91 Å². The molecule has 4 unspecified atom stereocenters. The number of aliphatic hydroxyl groups excluding tert-OH is 2. The van der Waals surface area contributed by atoms with E-state index < -0.39 is 30.6 Å². The van der Waals surface area contributed by atoms with Crippen LogP contribution in [0.15, 0.2) is 43.0 Å². The number of ether oxygens (including phenoxy) is 1. The molecule has 1 aliphatic rings. The molecular formula is C24H34N8O4. The number of nitrogens with two attached hydrogens (primary N) is 2. The second-order valence-electron chi connectivity index (χ2n) is 9.05. The Labute approximate surface area is 209 Å². The molecule has 1 fully saturated rings. The minimum absolute atomic E-state index is 0.180. The summed E-state index contributed by atoms with van der Waals surface area (Å²) < 4.78 is 7.68. The van der Waals surface area contributed by atoms with E-state index in [4.69, 9.17) is 16.2 Å². The molecular weight excluding hydrogens is 464 g/mol. The van der Waals surface area contributed by atoms with Gasteiger partial charge in [-0.05, 0) is 37.8 Å². The minimum atomic E-state index is -1.21. The number of aromatic nitrogens is 4. The summed E-state index contributed by atoms with van der Waals surface area (Å²) >= 11 is 0. The van der Waals surface area contributed by atoms with Crippen molar-refractivity contribution in [3.63, 3.8) is 0 Å². The van der Waals surface area contributed by atoms with E-state index in [0.29, 0.717) is 37.0 Å². The highest BCUT2D eigenvalue weighted by atomic mass is 16.6. The highest BCUT2D eigenvalue weighted by Gasteiger charge is 2.45. The zero-order valence-electron chi connectivity index (χ0n) is 20.2. The molecule has 4 rings (SSSR count). The van der Waals surface area contributed by atoms with Gasteiger partial charge >= 0.3 is 0 Å². The number of anilines is 2. The molecule has 36 heavy (non-hydrogen) atoms. The maximum Gasteiger partial charge on any atom is 0.236 e. The van der Waals surface area contributed by atoms with Crippen molar-refractivity contribution in [2.24, 2.45) is 5.73 Å². The average Bonchev–Trinajstić information content (AvgIpc) is 3.43.